The molecule has 1 saturated heterocycles. The number of pyridine rings is 1. The summed E-state index contributed by atoms with van der Waals surface area (Å²) in [5.41, 5.74) is 2.87. The van der Waals surface area contributed by atoms with Crippen molar-refractivity contribution >= 4 is 22.8 Å². The van der Waals surface area contributed by atoms with Crippen molar-refractivity contribution in [3.05, 3.63) is 89.1 Å². The Morgan fingerprint density at radius 1 is 0.967 bits per heavy atom. The minimum Gasteiger partial charge on any atom is -0.441 e. The number of aromatic amines is 1. The van der Waals surface area contributed by atoms with Gasteiger partial charge in [-0.1, -0.05) is 30.3 Å². The maximum Gasteiger partial charge on any atom is 0.415 e. The number of amides is 1. The molecule has 0 radical (unpaired) electrons. The van der Waals surface area contributed by atoms with E-state index in [0.717, 1.165) is 5.56 Å². The Bertz CT molecular complexity index is 1290. The molecule has 1 aliphatic heterocycles. The predicted molar refractivity (Wildman–Crippen MR) is 114 cm³/mol. The fraction of sp³-hybridized carbons (Fsp3) is 0.174. The second kappa shape index (κ2) is 6.59. The minimum absolute atomic E-state index is 0.241. The van der Waals surface area contributed by atoms with E-state index < -0.39 is 11.7 Å². The summed E-state index contributed by atoms with van der Waals surface area (Å²) in [7, 11) is 0. The van der Waals surface area contributed by atoms with Gasteiger partial charge in [-0.25, -0.2) is 9.59 Å². The molecule has 3 heterocycles. The highest BCUT2D eigenvalue weighted by Crippen LogP contribution is 2.43. The fourth-order valence-corrected chi connectivity index (χ4v) is 4.16. The topological polar surface area (TPSA) is 80.2 Å². The van der Waals surface area contributed by atoms with E-state index in [-0.39, 0.29) is 11.7 Å². The lowest BCUT2D eigenvalue weighted by molar-refractivity contribution is 0.0685. The highest BCUT2D eigenvalue weighted by molar-refractivity contribution is 5.91. The van der Waals surface area contributed by atoms with E-state index in [9.17, 15) is 9.59 Å². The molecule has 7 nitrogen and oxygen atoms in total. The maximum absolute atomic E-state index is 12.8. The van der Waals surface area contributed by atoms with Gasteiger partial charge in [0.15, 0.2) is 0 Å². The molecule has 150 valence electrons. The number of rotatable bonds is 3. The number of nitrogens with one attached hydrogen (secondary N) is 1. The zero-order valence-corrected chi connectivity index (χ0v) is 16.6. The van der Waals surface area contributed by atoms with Gasteiger partial charge in [-0.3, -0.25) is 14.5 Å². The van der Waals surface area contributed by atoms with E-state index in [1.165, 1.54) is 0 Å². The molecular formula is C23H20N4O3. The Balaban J connectivity index is 1.57. The number of benzene rings is 2. The van der Waals surface area contributed by atoms with Crippen molar-refractivity contribution in [2.75, 3.05) is 4.90 Å². The predicted octanol–water partition coefficient (Wildman–Crippen LogP) is 4.19. The van der Waals surface area contributed by atoms with Crippen LogP contribution in [-0.4, -0.2) is 26.2 Å². The number of carbonyl (C=O) groups excluding carboxylic acids is 1. The van der Waals surface area contributed by atoms with Gasteiger partial charge in [-0.2, -0.15) is 0 Å². The van der Waals surface area contributed by atoms with Gasteiger partial charge in [0, 0.05) is 11.9 Å². The molecule has 1 N–H and O–H groups in total. The summed E-state index contributed by atoms with van der Waals surface area (Å²) < 4.78 is 7.24. The summed E-state index contributed by atoms with van der Waals surface area (Å²) >= 11 is 0. The number of nitrogens with zero attached hydrogens (tertiary/aromatic N) is 3. The van der Waals surface area contributed by atoms with Gasteiger partial charge >= 0.3 is 11.8 Å². The Kier molecular flexibility index (Phi) is 3.99. The first-order chi connectivity index (χ1) is 14.5. The number of hydrogen-bond acceptors (Lipinski definition) is 4. The Morgan fingerprint density at radius 2 is 1.67 bits per heavy atom. The number of carbonyl (C=O) groups is 1. The highest BCUT2D eigenvalue weighted by atomic mass is 16.6. The fourth-order valence-electron chi connectivity index (χ4n) is 4.16. The van der Waals surface area contributed by atoms with Crippen LogP contribution < -0.4 is 10.6 Å². The number of anilines is 1. The molecule has 1 fully saturated rings. The number of ether oxygens (including phenoxy) is 1. The van der Waals surface area contributed by atoms with Crippen molar-refractivity contribution in [2.45, 2.75) is 25.5 Å². The van der Waals surface area contributed by atoms with Gasteiger partial charge in [-0.15, -0.1) is 0 Å². The third-order valence-corrected chi connectivity index (χ3v) is 5.45. The Labute approximate surface area is 172 Å². The molecule has 0 spiro atoms. The standard InChI is InChI=1S/C23H20N4O3/c1-23(2)20(15-6-4-3-5-7-15)27(22(29)30-23)17-10-8-16(9-11-17)26-19-14-24-13-12-18(19)25-21(26)28/h3-14,20H,1-2H3,(H,25,28). The second-order valence-corrected chi connectivity index (χ2v) is 7.83. The van der Waals surface area contributed by atoms with Crippen LogP contribution in [0.2, 0.25) is 0 Å². The molecule has 2 aromatic carbocycles. The lowest BCUT2D eigenvalue weighted by Crippen LogP contribution is -2.33. The van der Waals surface area contributed by atoms with Crippen LogP contribution >= 0.6 is 0 Å². The van der Waals surface area contributed by atoms with Crippen molar-refractivity contribution in [1.82, 2.24) is 14.5 Å². The summed E-state index contributed by atoms with van der Waals surface area (Å²) in [6, 6.07) is 18.6. The number of imidazole rings is 1. The van der Waals surface area contributed by atoms with Crippen LogP contribution in [0.4, 0.5) is 10.5 Å². The van der Waals surface area contributed by atoms with Crippen LogP contribution in [0.15, 0.2) is 77.9 Å². The zero-order chi connectivity index (χ0) is 20.9. The summed E-state index contributed by atoms with van der Waals surface area (Å²) in [4.78, 5) is 33.8. The third-order valence-electron chi connectivity index (χ3n) is 5.45. The maximum atomic E-state index is 12.8. The molecule has 0 saturated carbocycles. The average Bonchev–Trinajstić information content (AvgIpc) is 3.20. The largest absolute Gasteiger partial charge is 0.441 e. The van der Waals surface area contributed by atoms with Crippen molar-refractivity contribution < 1.29 is 9.53 Å². The number of hydrogen-bond donors (Lipinski definition) is 1. The zero-order valence-electron chi connectivity index (χ0n) is 16.6. The normalized spacial score (nSPS) is 18.0. The van der Waals surface area contributed by atoms with E-state index in [1.807, 2.05) is 68.4 Å². The molecule has 1 unspecified atom stereocenters. The lowest BCUT2D eigenvalue weighted by atomic mass is 9.91. The average molecular weight is 400 g/mol. The van der Waals surface area contributed by atoms with Gasteiger partial charge in [0.05, 0.1) is 22.9 Å². The first-order valence-electron chi connectivity index (χ1n) is 9.68. The van der Waals surface area contributed by atoms with Gasteiger partial charge in [0.1, 0.15) is 11.6 Å². The molecule has 0 aliphatic carbocycles. The van der Waals surface area contributed by atoms with Crippen LogP contribution in [0.5, 0.6) is 0 Å². The van der Waals surface area contributed by atoms with Gasteiger partial charge < -0.3 is 9.72 Å². The number of fused-ring (bicyclic) bond motifs is 1. The molecule has 1 amide bonds. The lowest BCUT2D eigenvalue weighted by Gasteiger charge is -2.29. The van der Waals surface area contributed by atoms with Crippen LogP contribution in [0.25, 0.3) is 16.7 Å². The molecule has 5 rings (SSSR count). The van der Waals surface area contributed by atoms with Crippen LogP contribution in [0, 0.1) is 0 Å². The van der Waals surface area contributed by atoms with Gasteiger partial charge in [-0.05, 0) is 49.7 Å². The van der Waals surface area contributed by atoms with E-state index in [4.69, 9.17) is 4.74 Å². The van der Waals surface area contributed by atoms with E-state index in [2.05, 4.69) is 9.97 Å². The second-order valence-electron chi connectivity index (χ2n) is 7.83. The van der Waals surface area contributed by atoms with Crippen molar-refractivity contribution in [3.8, 4) is 5.69 Å². The summed E-state index contributed by atoms with van der Waals surface area (Å²) in [6.45, 7) is 3.82. The Hall–Kier alpha value is -3.87. The highest BCUT2D eigenvalue weighted by Gasteiger charge is 2.49. The van der Waals surface area contributed by atoms with Gasteiger partial charge in [0.25, 0.3) is 0 Å². The number of H-pyrrole nitrogens is 1. The molecule has 1 aliphatic rings. The van der Waals surface area contributed by atoms with Gasteiger partial charge in [0.2, 0.25) is 0 Å². The number of cyclic esters (lactones) is 1. The quantitative estimate of drug-likeness (QED) is 0.559. The number of aromatic nitrogens is 3. The summed E-state index contributed by atoms with van der Waals surface area (Å²) in [5.74, 6) is 0. The monoisotopic (exact) mass is 400 g/mol. The molecule has 4 aromatic rings. The first-order valence-corrected chi connectivity index (χ1v) is 9.68. The van der Waals surface area contributed by atoms with Crippen LogP contribution in [-0.2, 0) is 4.74 Å². The minimum atomic E-state index is -0.684. The summed E-state index contributed by atoms with van der Waals surface area (Å²) in [6.07, 6.45) is 2.89. The molecule has 30 heavy (non-hydrogen) atoms. The smallest absolute Gasteiger partial charge is 0.415 e. The molecular weight excluding hydrogens is 380 g/mol. The van der Waals surface area contributed by atoms with Crippen molar-refractivity contribution in [1.29, 1.82) is 0 Å². The SMILES string of the molecule is CC1(C)OC(=O)N(c2ccc(-n3c(=O)[nH]c4ccncc43)cc2)C1c1ccccc1. The molecule has 2 aromatic heterocycles. The summed E-state index contributed by atoms with van der Waals surface area (Å²) in [5, 5.41) is 0. The molecule has 7 heteroatoms. The molecule has 1 atom stereocenters. The first kappa shape index (κ1) is 18.2. The van der Waals surface area contributed by atoms with Crippen LogP contribution in [0.1, 0.15) is 25.5 Å². The van der Waals surface area contributed by atoms with Crippen LogP contribution in [0.3, 0.4) is 0 Å². The van der Waals surface area contributed by atoms with Crippen molar-refractivity contribution in [2.24, 2.45) is 0 Å². The van der Waals surface area contributed by atoms with E-state index in [0.29, 0.717) is 22.4 Å². The van der Waals surface area contributed by atoms with Crippen molar-refractivity contribution in [3.63, 3.8) is 0 Å². The van der Waals surface area contributed by atoms with E-state index >= 15 is 0 Å². The van der Waals surface area contributed by atoms with E-state index in [1.54, 1.807) is 27.9 Å². The molecule has 0 bridgehead atoms. The Morgan fingerprint density at radius 3 is 2.40 bits per heavy atom. The third kappa shape index (κ3) is 2.78.